The number of anilines is 2. The Balaban J connectivity index is 1.64. The minimum absolute atomic E-state index is 0.0118. The minimum Gasteiger partial charge on any atom is -0.481 e. The number of benzene rings is 2. The van der Waals surface area contributed by atoms with Gasteiger partial charge in [-0.25, -0.2) is 0 Å². The fourth-order valence-corrected chi connectivity index (χ4v) is 2.91. The van der Waals surface area contributed by atoms with Crippen molar-refractivity contribution in [3.63, 3.8) is 0 Å². The molecular weight excluding hydrogens is 390 g/mol. The van der Waals surface area contributed by atoms with Crippen LogP contribution in [0.3, 0.4) is 0 Å². The Morgan fingerprint density at radius 2 is 1.61 bits per heavy atom. The molecule has 0 aliphatic heterocycles. The second-order valence-electron chi connectivity index (χ2n) is 8.30. The van der Waals surface area contributed by atoms with Gasteiger partial charge in [-0.2, -0.15) is 0 Å². The number of amides is 2. The van der Waals surface area contributed by atoms with Crippen LogP contribution in [0.15, 0.2) is 73.1 Å². The third kappa shape index (κ3) is 6.15. The number of nitrogens with one attached hydrogen (secondary N) is 2. The summed E-state index contributed by atoms with van der Waals surface area (Å²) in [5.41, 5.74) is 2.72. The highest BCUT2D eigenvalue weighted by molar-refractivity contribution is 6.05. The molecule has 0 radical (unpaired) electrons. The summed E-state index contributed by atoms with van der Waals surface area (Å²) in [4.78, 5) is 29.0. The summed E-state index contributed by atoms with van der Waals surface area (Å²) in [6.07, 6.45) is 2.50. The molecule has 31 heavy (non-hydrogen) atoms. The number of ether oxygens (including phenoxy) is 1. The molecule has 0 spiro atoms. The lowest BCUT2D eigenvalue weighted by Gasteiger charge is -2.21. The van der Waals surface area contributed by atoms with Crippen LogP contribution in [0.2, 0.25) is 0 Å². The summed E-state index contributed by atoms with van der Waals surface area (Å²) in [6.45, 7) is 8.07. The van der Waals surface area contributed by atoms with Gasteiger partial charge in [0.25, 0.3) is 11.8 Å². The molecule has 1 heterocycles. The van der Waals surface area contributed by atoms with Crippen LogP contribution in [0.5, 0.6) is 5.75 Å². The summed E-state index contributed by atoms with van der Waals surface area (Å²) in [6, 6.07) is 17.9. The van der Waals surface area contributed by atoms with Crippen molar-refractivity contribution in [2.45, 2.75) is 39.2 Å². The molecular formula is C25H27N3O3. The average Bonchev–Trinajstić information content (AvgIpc) is 2.74. The molecule has 0 fully saturated rings. The van der Waals surface area contributed by atoms with E-state index in [4.69, 9.17) is 4.74 Å². The molecule has 6 heteroatoms. The van der Waals surface area contributed by atoms with E-state index >= 15 is 0 Å². The number of pyridine rings is 1. The highest BCUT2D eigenvalue weighted by atomic mass is 16.5. The zero-order valence-corrected chi connectivity index (χ0v) is 18.2. The maximum atomic E-state index is 12.6. The van der Waals surface area contributed by atoms with Crippen LogP contribution in [0, 0.1) is 0 Å². The van der Waals surface area contributed by atoms with Crippen molar-refractivity contribution < 1.29 is 14.3 Å². The highest BCUT2D eigenvalue weighted by Gasteiger charge is 2.18. The summed E-state index contributed by atoms with van der Waals surface area (Å²) >= 11 is 0. The van der Waals surface area contributed by atoms with Gasteiger partial charge in [-0.15, -0.1) is 0 Å². The zero-order valence-electron chi connectivity index (χ0n) is 18.2. The van der Waals surface area contributed by atoms with Gasteiger partial charge in [-0.05, 0) is 60.4 Å². The molecule has 0 bridgehead atoms. The first kappa shape index (κ1) is 22.0. The van der Waals surface area contributed by atoms with Crippen LogP contribution in [-0.4, -0.2) is 22.9 Å². The molecule has 3 aromatic rings. The van der Waals surface area contributed by atoms with Gasteiger partial charge in [0, 0.05) is 29.3 Å². The van der Waals surface area contributed by atoms with Crippen molar-refractivity contribution in [1.29, 1.82) is 0 Å². The van der Waals surface area contributed by atoms with Crippen LogP contribution in [-0.2, 0) is 10.2 Å². The van der Waals surface area contributed by atoms with Crippen LogP contribution in [0.1, 0.15) is 43.6 Å². The number of hydrogen-bond acceptors (Lipinski definition) is 4. The predicted molar refractivity (Wildman–Crippen MR) is 122 cm³/mol. The van der Waals surface area contributed by atoms with E-state index in [9.17, 15) is 9.59 Å². The molecule has 6 nitrogen and oxygen atoms in total. The van der Waals surface area contributed by atoms with Crippen molar-refractivity contribution in [1.82, 2.24) is 4.98 Å². The topological polar surface area (TPSA) is 80.3 Å². The SMILES string of the molecule is CC(Oc1cccc(C(C)(C)C)c1)C(=O)Nc1cccc(C(=O)Nc2ccncc2)c1. The normalized spacial score (nSPS) is 12.0. The molecule has 1 unspecified atom stereocenters. The summed E-state index contributed by atoms with van der Waals surface area (Å²) in [5.74, 6) is 0.0685. The first-order chi connectivity index (χ1) is 14.7. The summed E-state index contributed by atoms with van der Waals surface area (Å²) in [5, 5.41) is 5.61. The molecule has 1 atom stereocenters. The summed E-state index contributed by atoms with van der Waals surface area (Å²) < 4.78 is 5.84. The Morgan fingerprint density at radius 1 is 0.903 bits per heavy atom. The number of carbonyl (C=O) groups excluding carboxylic acids is 2. The van der Waals surface area contributed by atoms with Crippen molar-refractivity contribution in [2.24, 2.45) is 0 Å². The van der Waals surface area contributed by atoms with E-state index in [1.807, 2.05) is 24.3 Å². The van der Waals surface area contributed by atoms with E-state index in [1.54, 1.807) is 55.7 Å². The van der Waals surface area contributed by atoms with Gasteiger partial charge >= 0.3 is 0 Å². The van der Waals surface area contributed by atoms with Gasteiger partial charge < -0.3 is 15.4 Å². The number of rotatable bonds is 6. The monoisotopic (exact) mass is 417 g/mol. The first-order valence-corrected chi connectivity index (χ1v) is 10.1. The van der Waals surface area contributed by atoms with Crippen molar-refractivity contribution in [2.75, 3.05) is 10.6 Å². The molecule has 3 rings (SSSR count). The Kier molecular flexibility index (Phi) is 6.70. The van der Waals surface area contributed by atoms with Crippen molar-refractivity contribution >= 4 is 23.2 Å². The molecule has 0 saturated heterocycles. The molecule has 2 amide bonds. The van der Waals surface area contributed by atoms with Gasteiger partial charge in [-0.3, -0.25) is 14.6 Å². The van der Waals surface area contributed by atoms with E-state index in [0.29, 0.717) is 22.7 Å². The van der Waals surface area contributed by atoms with E-state index in [2.05, 4.69) is 36.4 Å². The maximum Gasteiger partial charge on any atom is 0.265 e. The van der Waals surface area contributed by atoms with Gasteiger partial charge in [0.2, 0.25) is 0 Å². The maximum absolute atomic E-state index is 12.6. The number of carbonyl (C=O) groups is 2. The predicted octanol–water partition coefficient (Wildman–Crippen LogP) is 5.04. The van der Waals surface area contributed by atoms with Crippen LogP contribution < -0.4 is 15.4 Å². The largest absolute Gasteiger partial charge is 0.481 e. The fourth-order valence-electron chi connectivity index (χ4n) is 2.91. The first-order valence-electron chi connectivity index (χ1n) is 10.1. The molecule has 160 valence electrons. The smallest absolute Gasteiger partial charge is 0.265 e. The van der Waals surface area contributed by atoms with Gasteiger partial charge in [0.15, 0.2) is 6.10 Å². The van der Waals surface area contributed by atoms with Crippen LogP contribution in [0.25, 0.3) is 0 Å². The number of nitrogens with zero attached hydrogens (tertiary/aromatic N) is 1. The Hall–Kier alpha value is -3.67. The van der Waals surface area contributed by atoms with Gasteiger partial charge in [0.05, 0.1) is 0 Å². The van der Waals surface area contributed by atoms with Crippen LogP contribution in [0.4, 0.5) is 11.4 Å². The Bertz CT molecular complexity index is 1060. The number of hydrogen-bond donors (Lipinski definition) is 2. The summed E-state index contributed by atoms with van der Waals surface area (Å²) in [7, 11) is 0. The molecule has 2 aromatic carbocycles. The number of aromatic nitrogens is 1. The van der Waals surface area contributed by atoms with Crippen molar-refractivity contribution in [3.8, 4) is 5.75 Å². The molecule has 1 aromatic heterocycles. The van der Waals surface area contributed by atoms with E-state index in [0.717, 1.165) is 5.56 Å². The van der Waals surface area contributed by atoms with Gasteiger partial charge in [-0.1, -0.05) is 39.0 Å². The molecule has 2 N–H and O–H groups in total. The molecule has 0 aliphatic rings. The lowest BCUT2D eigenvalue weighted by atomic mass is 9.87. The second kappa shape index (κ2) is 9.43. The highest BCUT2D eigenvalue weighted by Crippen LogP contribution is 2.26. The van der Waals surface area contributed by atoms with Crippen LogP contribution >= 0.6 is 0 Å². The molecule has 0 saturated carbocycles. The van der Waals surface area contributed by atoms with Gasteiger partial charge in [0.1, 0.15) is 5.75 Å². The average molecular weight is 418 g/mol. The molecule has 0 aliphatic carbocycles. The quantitative estimate of drug-likeness (QED) is 0.589. The third-order valence-corrected chi connectivity index (χ3v) is 4.71. The standard InChI is InChI=1S/C25H27N3O3/c1-17(31-22-10-6-8-19(16-22)25(2,3)4)23(29)28-21-9-5-7-18(15-21)24(30)27-20-11-13-26-14-12-20/h5-17H,1-4H3,(H,28,29)(H,26,27,30). The Morgan fingerprint density at radius 3 is 2.32 bits per heavy atom. The van der Waals surface area contributed by atoms with E-state index in [-0.39, 0.29) is 17.2 Å². The fraction of sp³-hybridized carbons (Fsp3) is 0.240. The zero-order chi connectivity index (χ0) is 22.4. The second-order valence-corrected chi connectivity index (χ2v) is 8.30. The minimum atomic E-state index is -0.704. The lowest BCUT2D eigenvalue weighted by molar-refractivity contribution is -0.122. The van der Waals surface area contributed by atoms with Crippen molar-refractivity contribution in [3.05, 3.63) is 84.2 Å². The Labute approximate surface area is 182 Å². The van der Waals surface area contributed by atoms with E-state index < -0.39 is 6.10 Å². The van der Waals surface area contributed by atoms with E-state index in [1.165, 1.54) is 0 Å². The lowest BCUT2D eigenvalue weighted by Crippen LogP contribution is -2.30. The third-order valence-electron chi connectivity index (χ3n) is 4.71.